The zero-order valence-electron chi connectivity index (χ0n) is 8.60. The van der Waals surface area contributed by atoms with Gasteiger partial charge in [-0.15, -0.1) is 0 Å². The van der Waals surface area contributed by atoms with E-state index < -0.39 is 0 Å². The number of aromatic nitrogens is 1. The van der Waals surface area contributed by atoms with E-state index in [-0.39, 0.29) is 0 Å². The fraction of sp³-hybridized carbons (Fsp3) is 0.0769. The van der Waals surface area contributed by atoms with E-state index in [1.165, 1.54) is 0 Å². The summed E-state index contributed by atoms with van der Waals surface area (Å²) in [6, 6.07) is 11.9. The minimum Gasteiger partial charge on any atom is -0.496 e. The Balaban J connectivity index is 2.24. The summed E-state index contributed by atoms with van der Waals surface area (Å²) >= 11 is 0. The number of hydrogen-bond acceptors (Lipinski definition) is 1. The molecule has 0 aliphatic heterocycles. The normalized spacial score (nSPS) is 10.7. The summed E-state index contributed by atoms with van der Waals surface area (Å²) in [6.07, 6.45) is 5.96. The van der Waals surface area contributed by atoms with E-state index in [0.29, 0.717) is 0 Å². The molecule has 2 aromatic rings. The maximum Gasteiger partial charge on any atom is 0.126 e. The molecule has 2 heteroatoms. The van der Waals surface area contributed by atoms with Gasteiger partial charge in [0.05, 0.1) is 7.11 Å². The monoisotopic (exact) mass is 199 g/mol. The summed E-state index contributed by atoms with van der Waals surface area (Å²) in [4.78, 5) is 3.12. The smallest absolute Gasteiger partial charge is 0.126 e. The number of ether oxygens (including phenoxy) is 1. The topological polar surface area (TPSA) is 25.0 Å². The Morgan fingerprint density at radius 2 is 1.93 bits per heavy atom. The zero-order valence-corrected chi connectivity index (χ0v) is 8.60. The fourth-order valence-electron chi connectivity index (χ4n) is 1.43. The Hall–Kier alpha value is -1.96. The quantitative estimate of drug-likeness (QED) is 0.806. The average Bonchev–Trinajstić information content (AvgIpc) is 2.79. The van der Waals surface area contributed by atoms with Crippen molar-refractivity contribution in [2.75, 3.05) is 7.11 Å². The van der Waals surface area contributed by atoms with Gasteiger partial charge >= 0.3 is 0 Å². The molecule has 0 aliphatic carbocycles. The van der Waals surface area contributed by atoms with Crippen molar-refractivity contribution in [3.05, 3.63) is 53.9 Å². The molecule has 0 saturated heterocycles. The van der Waals surface area contributed by atoms with Gasteiger partial charge < -0.3 is 9.72 Å². The lowest BCUT2D eigenvalue weighted by molar-refractivity contribution is 0.414. The molecule has 1 heterocycles. The molecule has 76 valence electrons. The van der Waals surface area contributed by atoms with Gasteiger partial charge in [-0.05, 0) is 30.4 Å². The highest BCUT2D eigenvalue weighted by atomic mass is 16.5. The third-order valence-electron chi connectivity index (χ3n) is 2.20. The summed E-state index contributed by atoms with van der Waals surface area (Å²) in [7, 11) is 1.68. The molecule has 0 bridgehead atoms. The lowest BCUT2D eigenvalue weighted by Gasteiger charge is -2.02. The van der Waals surface area contributed by atoms with Crippen molar-refractivity contribution >= 4 is 12.2 Å². The lowest BCUT2D eigenvalue weighted by atomic mass is 10.2. The van der Waals surface area contributed by atoms with Gasteiger partial charge in [0.25, 0.3) is 0 Å². The molecule has 0 radical (unpaired) electrons. The molecule has 1 aromatic carbocycles. The number of methoxy groups -OCH3 is 1. The van der Waals surface area contributed by atoms with Crippen LogP contribution in [-0.2, 0) is 0 Å². The minimum absolute atomic E-state index is 0.889. The summed E-state index contributed by atoms with van der Waals surface area (Å²) in [5.41, 5.74) is 2.16. The first-order valence-electron chi connectivity index (χ1n) is 4.84. The maximum atomic E-state index is 5.25. The van der Waals surface area contributed by atoms with E-state index in [4.69, 9.17) is 4.74 Å². The Morgan fingerprint density at radius 3 is 2.67 bits per heavy atom. The van der Waals surface area contributed by atoms with Crippen LogP contribution in [0.5, 0.6) is 5.75 Å². The van der Waals surface area contributed by atoms with Gasteiger partial charge in [0.15, 0.2) is 0 Å². The Bertz CT molecular complexity index is 443. The van der Waals surface area contributed by atoms with Gasteiger partial charge in [-0.3, -0.25) is 0 Å². The highest BCUT2D eigenvalue weighted by Crippen LogP contribution is 2.19. The van der Waals surface area contributed by atoms with Gasteiger partial charge in [-0.1, -0.05) is 18.2 Å². The largest absolute Gasteiger partial charge is 0.496 e. The minimum atomic E-state index is 0.889. The van der Waals surface area contributed by atoms with Crippen LogP contribution < -0.4 is 4.74 Å². The van der Waals surface area contributed by atoms with Crippen molar-refractivity contribution in [2.45, 2.75) is 0 Å². The van der Waals surface area contributed by atoms with Crippen molar-refractivity contribution in [2.24, 2.45) is 0 Å². The number of H-pyrrole nitrogens is 1. The standard InChI is InChI=1S/C13H13NO/c1-15-13-7-3-2-5-11(13)8-9-12-6-4-10-14-12/h2-10,14H,1H3. The van der Waals surface area contributed by atoms with Gasteiger partial charge in [-0.25, -0.2) is 0 Å². The maximum absolute atomic E-state index is 5.25. The molecular weight excluding hydrogens is 186 g/mol. The van der Waals surface area contributed by atoms with Crippen LogP contribution in [0.1, 0.15) is 11.3 Å². The van der Waals surface area contributed by atoms with Crippen molar-refractivity contribution in [1.29, 1.82) is 0 Å². The van der Waals surface area contributed by atoms with Gasteiger partial charge in [0.2, 0.25) is 0 Å². The van der Waals surface area contributed by atoms with Crippen LogP contribution in [0.15, 0.2) is 42.6 Å². The number of hydrogen-bond donors (Lipinski definition) is 1. The van der Waals surface area contributed by atoms with Crippen LogP contribution >= 0.6 is 0 Å². The number of aromatic amines is 1. The van der Waals surface area contributed by atoms with Gasteiger partial charge in [-0.2, -0.15) is 0 Å². The van der Waals surface area contributed by atoms with Gasteiger partial charge in [0.1, 0.15) is 5.75 Å². The molecule has 0 unspecified atom stereocenters. The molecule has 0 fully saturated rings. The lowest BCUT2D eigenvalue weighted by Crippen LogP contribution is -1.85. The summed E-state index contributed by atoms with van der Waals surface area (Å²) in [5.74, 6) is 0.889. The van der Waals surface area contributed by atoms with Crippen LogP contribution in [-0.4, -0.2) is 12.1 Å². The number of rotatable bonds is 3. The molecule has 1 N–H and O–H groups in total. The van der Waals surface area contributed by atoms with Crippen LogP contribution in [0.4, 0.5) is 0 Å². The third-order valence-corrected chi connectivity index (χ3v) is 2.20. The first kappa shape index (κ1) is 9.59. The molecule has 1 aromatic heterocycles. The van der Waals surface area contributed by atoms with Crippen molar-refractivity contribution < 1.29 is 4.74 Å². The van der Waals surface area contributed by atoms with Crippen molar-refractivity contribution in [1.82, 2.24) is 4.98 Å². The molecule has 0 atom stereocenters. The Morgan fingerprint density at radius 1 is 1.07 bits per heavy atom. The van der Waals surface area contributed by atoms with Crippen LogP contribution in [0.2, 0.25) is 0 Å². The molecule has 0 amide bonds. The third kappa shape index (κ3) is 2.29. The Labute approximate surface area is 89.2 Å². The predicted molar refractivity (Wildman–Crippen MR) is 62.7 cm³/mol. The van der Waals surface area contributed by atoms with E-state index >= 15 is 0 Å². The first-order chi connectivity index (χ1) is 7.40. The summed E-state index contributed by atoms with van der Waals surface area (Å²) in [5, 5.41) is 0. The van der Waals surface area contributed by atoms with E-state index in [1.807, 2.05) is 54.7 Å². The van der Waals surface area contributed by atoms with Crippen molar-refractivity contribution in [3.8, 4) is 5.75 Å². The molecule has 0 aliphatic rings. The number of benzene rings is 1. The predicted octanol–water partition coefficient (Wildman–Crippen LogP) is 3.19. The van der Waals surface area contributed by atoms with Crippen molar-refractivity contribution in [3.63, 3.8) is 0 Å². The second kappa shape index (κ2) is 4.51. The zero-order chi connectivity index (χ0) is 10.5. The number of nitrogens with one attached hydrogen (secondary N) is 1. The van der Waals surface area contributed by atoms with E-state index in [9.17, 15) is 0 Å². The van der Waals surface area contributed by atoms with Crippen LogP contribution in [0.3, 0.4) is 0 Å². The summed E-state index contributed by atoms with van der Waals surface area (Å²) in [6.45, 7) is 0. The average molecular weight is 199 g/mol. The van der Waals surface area contributed by atoms with Crippen LogP contribution in [0.25, 0.3) is 12.2 Å². The molecule has 15 heavy (non-hydrogen) atoms. The Kier molecular flexibility index (Phi) is 2.88. The van der Waals surface area contributed by atoms with E-state index in [2.05, 4.69) is 4.98 Å². The SMILES string of the molecule is COc1ccccc1C=Cc1ccc[nH]1. The molecule has 0 saturated carbocycles. The second-order valence-electron chi connectivity index (χ2n) is 3.20. The molecule has 2 nitrogen and oxygen atoms in total. The van der Waals surface area contributed by atoms with E-state index in [0.717, 1.165) is 17.0 Å². The second-order valence-corrected chi connectivity index (χ2v) is 3.20. The molecule has 0 spiro atoms. The summed E-state index contributed by atoms with van der Waals surface area (Å²) < 4.78 is 5.25. The molecular formula is C13H13NO. The highest BCUT2D eigenvalue weighted by molar-refractivity contribution is 5.71. The van der Waals surface area contributed by atoms with E-state index in [1.54, 1.807) is 7.11 Å². The fourth-order valence-corrected chi connectivity index (χ4v) is 1.43. The highest BCUT2D eigenvalue weighted by Gasteiger charge is 1.96. The van der Waals surface area contributed by atoms with Gasteiger partial charge in [0, 0.05) is 17.5 Å². The first-order valence-corrected chi connectivity index (χ1v) is 4.84. The van der Waals surface area contributed by atoms with Crippen LogP contribution in [0, 0.1) is 0 Å². The molecule has 2 rings (SSSR count). The number of para-hydroxylation sites is 1.